The Morgan fingerprint density at radius 3 is 2.87 bits per heavy atom. The van der Waals surface area contributed by atoms with Crippen molar-refractivity contribution in [2.75, 3.05) is 13.1 Å². The Labute approximate surface area is 90.5 Å². The second-order valence-corrected chi connectivity index (χ2v) is 4.32. The van der Waals surface area contributed by atoms with Gasteiger partial charge in [0.1, 0.15) is 5.84 Å². The molecule has 4 N–H and O–H groups in total. The quantitative estimate of drug-likeness (QED) is 0.466. The van der Waals surface area contributed by atoms with Gasteiger partial charge in [-0.05, 0) is 25.7 Å². The van der Waals surface area contributed by atoms with E-state index in [2.05, 4.69) is 12.2 Å². The van der Waals surface area contributed by atoms with Gasteiger partial charge in [0.2, 0.25) is 0 Å². The third kappa shape index (κ3) is 3.42. The SMILES string of the molecule is CC1CCCN(C(=O)NC(C)C(=N)N)C1. The largest absolute Gasteiger partial charge is 0.386 e. The van der Waals surface area contributed by atoms with Gasteiger partial charge in [-0.3, -0.25) is 5.41 Å². The fourth-order valence-electron chi connectivity index (χ4n) is 1.73. The number of likely N-dealkylation sites (tertiary alicyclic amines) is 1. The molecule has 0 radical (unpaired) electrons. The summed E-state index contributed by atoms with van der Waals surface area (Å²) >= 11 is 0. The lowest BCUT2D eigenvalue weighted by Crippen LogP contribution is -2.50. The van der Waals surface area contributed by atoms with Crippen molar-refractivity contribution in [3.63, 3.8) is 0 Å². The summed E-state index contributed by atoms with van der Waals surface area (Å²) in [6, 6.07) is -0.487. The van der Waals surface area contributed by atoms with Crippen molar-refractivity contribution in [1.82, 2.24) is 10.2 Å². The number of nitrogens with zero attached hydrogens (tertiary/aromatic N) is 1. The van der Waals surface area contributed by atoms with Crippen LogP contribution in [0.3, 0.4) is 0 Å². The first-order chi connectivity index (χ1) is 7.00. The lowest BCUT2D eigenvalue weighted by Gasteiger charge is -2.31. The molecule has 0 aromatic heterocycles. The summed E-state index contributed by atoms with van der Waals surface area (Å²) < 4.78 is 0. The Kier molecular flexibility index (Phi) is 3.94. The molecule has 0 aromatic rings. The van der Waals surface area contributed by atoms with Crippen LogP contribution in [0.25, 0.3) is 0 Å². The molecule has 1 saturated heterocycles. The molecular weight excluding hydrogens is 192 g/mol. The summed E-state index contributed by atoms with van der Waals surface area (Å²) in [5.74, 6) is 0.561. The highest BCUT2D eigenvalue weighted by Gasteiger charge is 2.22. The molecule has 1 aliphatic rings. The first-order valence-electron chi connectivity index (χ1n) is 5.40. The second-order valence-electron chi connectivity index (χ2n) is 4.32. The highest BCUT2D eigenvalue weighted by Crippen LogP contribution is 2.15. The van der Waals surface area contributed by atoms with Crippen LogP contribution in [0, 0.1) is 11.3 Å². The average Bonchev–Trinajstić information content (AvgIpc) is 2.17. The van der Waals surface area contributed by atoms with Gasteiger partial charge in [-0.1, -0.05) is 6.92 Å². The number of rotatable bonds is 2. The average molecular weight is 212 g/mol. The molecule has 1 fully saturated rings. The second kappa shape index (κ2) is 5.00. The first kappa shape index (κ1) is 11.8. The number of amidine groups is 1. The van der Waals surface area contributed by atoms with Gasteiger partial charge in [0.05, 0.1) is 6.04 Å². The molecule has 0 aliphatic carbocycles. The first-order valence-corrected chi connectivity index (χ1v) is 5.40. The van der Waals surface area contributed by atoms with Crippen molar-refractivity contribution in [3.05, 3.63) is 0 Å². The van der Waals surface area contributed by atoms with E-state index >= 15 is 0 Å². The number of urea groups is 1. The summed E-state index contributed by atoms with van der Waals surface area (Å²) in [4.78, 5) is 13.5. The lowest BCUT2D eigenvalue weighted by atomic mass is 10.0. The van der Waals surface area contributed by atoms with Crippen LogP contribution in [0.2, 0.25) is 0 Å². The van der Waals surface area contributed by atoms with Crippen molar-refractivity contribution in [3.8, 4) is 0 Å². The summed E-state index contributed by atoms with van der Waals surface area (Å²) in [5.41, 5.74) is 5.29. The summed E-state index contributed by atoms with van der Waals surface area (Å²) in [6.45, 7) is 5.47. The van der Waals surface area contributed by atoms with Gasteiger partial charge in [0.25, 0.3) is 0 Å². The number of piperidine rings is 1. The maximum atomic E-state index is 11.7. The van der Waals surface area contributed by atoms with Crippen molar-refractivity contribution in [1.29, 1.82) is 5.41 Å². The van der Waals surface area contributed by atoms with Gasteiger partial charge < -0.3 is 16.0 Å². The predicted octanol–water partition coefficient (Wildman–Crippen LogP) is 0.752. The molecule has 0 bridgehead atoms. The molecule has 2 unspecified atom stereocenters. The highest BCUT2D eigenvalue weighted by atomic mass is 16.2. The van der Waals surface area contributed by atoms with Crippen LogP contribution in [-0.2, 0) is 0 Å². The van der Waals surface area contributed by atoms with Crippen molar-refractivity contribution < 1.29 is 4.79 Å². The van der Waals surface area contributed by atoms with E-state index in [0.29, 0.717) is 5.92 Å². The molecule has 5 heteroatoms. The Bertz CT molecular complexity index is 254. The molecule has 0 saturated carbocycles. The van der Waals surface area contributed by atoms with Crippen molar-refractivity contribution in [2.45, 2.75) is 32.7 Å². The minimum Gasteiger partial charge on any atom is -0.386 e. The van der Waals surface area contributed by atoms with Gasteiger partial charge in [-0.15, -0.1) is 0 Å². The topological polar surface area (TPSA) is 82.2 Å². The molecule has 2 atom stereocenters. The molecule has 0 spiro atoms. The zero-order chi connectivity index (χ0) is 11.4. The molecular formula is C10H20N4O. The van der Waals surface area contributed by atoms with Crippen LogP contribution >= 0.6 is 0 Å². The molecule has 5 nitrogen and oxygen atoms in total. The Balaban J connectivity index is 2.42. The van der Waals surface area contributed by atoms with Crippen LogP contribution in [0.4, 0.5) is 4.79 Å². The molecule has 2 amide bonds. The molecule has 0 aromatic carbocycles. The van der Waals surface area contributed by atoms with E-state index < -0.39 is 0 Å². The minimum atomic E-state index is -0.380. The number of hydrogen-bond acceptors (Lipinski definition) is 2. The number of amides is 2. The standard InChI is InChI=1S/C10H20N4O/c1-7-4-3-5-14(6-7)10(15)13-8(2)9(11)12/h7-8H,3-6H2,1-2H3,(H3,11,12)(H,13,15). The third-order valence-electron chi connectivity index (χ3n) is 2.75. The van der Waals surface area contributed by atoms with E-state index in [1.54, 1.807) is 11.8 Å². The van der Waals surface area contributed by atoms with E-state index in [1.165, 1.54) is 6.42 Å². The van der Waals surface area contributed by atoms with Crippen LogP contribution in [0.15, 0.2) is 0 Å². The minimum absolute atomic E-state index is 0.00610. The van der Waals surface area contributed by atoms with Crippen LogP contribution in [0.1, 0.15) is 26.7 Å². The Morgan fingerprint density at radius 1 is 1.67 bits per heavy atom. The van der Waals surface area contributed by atoms with Crippen LogP contribution < -0.4 is 11.1 Å². The van der Waals surface area contributed by atoms with Gasteiger partial charge in [0.15, 0.2) is 0 Å². The summed E-state index contributed by atoms with van der Waals surface area (Å²) in [6.07, 6.45) is 2.25. The van der Waals surface area contributed by atoms with E-state index in [9.17, 15) is 4.79 Å². The molecule has 1 heterocycles. The zero-order valence-electron chi connectivity index (χ0n) is 9.42. The highest BCUT2D eigenvalue weighted by molar-refractivity contribution is 5.87. The van der Waals surface area contributed by atoms with E-state index in [0.717, 1.165) is 19.5 Å². The fraction of sp³-hybridized carbons (Fsp3) is 0.800. The van der Waals surface area contributed by atoms with E-state index in [-0.39, 0.29) is 17.9 Å². The third-order valence-corrected chi connectivity index (χ3v) is 2.75. The number of nitrogens with one attached hydrogen (secondary N) is 2. The number of carbonyl (C=O) groups excluding carboxylic acids is 1. The normalized spacial score (nSPS) is 23.3. The Morgan fingerprint density at radius 2 is 2.33 bits per heavy atom. The zero-order valence-corrected chi connectivity index (χ0v) is 9.42. The van der Waals surface area contributed by atoms with E-state index in [4.69, 9.17) is 11.1 Å². The smallest absolute Gasteiger partial charge is 0.317 e. The van der Waals surface area contributed by atoms with Gasteiger partial charge >= 0.3 is 6.03 Å². The van der Waals surface area contributed by atoms with Crippen LogP contribution in [0.5, 0.6) is 0 Å². The number of carbonyl (C=O) groups is 1. The molecule has 86 valence electrons. The van der Waals surface area contributed by atoms with Gasteiger partial charge in [-0.25, -0.2) is 4.79 Å². The van der Waals surface area contributed by atoms with Crippen LogP contribution in [-0.4, -0.2) is 35.9 Å². The lowest BCUT2D eigenvalue weighted by molar-refractivity contribution is 0.169. The predicted molar refractivity (Wildman–Crippen MR) is 59.9 cm³/mol. The van der Waals surface area contributed by atoms with Crippen molar-refractivity contribution >= 4 is 11.9 Å². The summed E-state index contributed by atoms with van der Waals surface area (Å²) in [7, 11) is 0. The van der Waals surface area contributed by atoms with Gasteiger partial charge in [0, 0.05) is 13.1 Å². The molecule has 1 aliphatic heterocycles. The maximum absolute atomic E-state index is 11.7. The molecule has 15 heavy (non-hydrogen) atoms. The maximum Gasteiger partial charge on any atom is 0.317 e. The monoisotopic (exact) mass is 212 g/mol. The molecule has 1 rings (SSSR count). The number of hydrogen-bond donors (Lipinski definition) is 3. The van der Waals surface area contributed by atoms with Gasteiger partial charge in [-0.2, -0.15) is 0 Å². The summed E-state index contributed by atoms with van der Waals surface area (Å²) in [5, 5.41) is 9.90. The Hall–Kier alpha value is -1.26. The van der Waals surface area contributed by atoms with E-state index in [1.807, 2.05) is 0 Å². The number of nitrogens with two attached hydrogens (primary N) is 1. The fourth-order valence-corrected chi connectivity index (χ4v) is 1.73. The van der Waals surface area contributed by atoms with Crippen molar-refractivity contribution in [2.24, 2.45) is 11.7 Å².